The van der Waals surface area contributed by atoms with Crippen molar-refractivity contribution in [2.45, 2.75) is 13.8 Å². The molecule has 2 rings (SSSR count). The lowest BCUT2D eigenvalue weighted by Gasteiger charge is -2.01. The van der Waals surface area contributed by atoms with E-state index in [-0.39, 0.29) is 5.75 Å². The topological polar surface area (TPSA) is 20.2 Å². The van der Waals surface area contributed by atoms with Crippen LogP contribution in [0.1, 0.15) is 19.4 Å². The van der Waals surface area contributed by atoms with Gasteiger partial charge < -0.3 is 5.11 Å². The summed E-state index contributed by atoms with van der Waals surface area (Å²) in [6.45, 7) is 4.13. The quantitative estimate of drug-likeness (QED) is 0.659. The predicted molar refractivity (Wildman–Crippen MR) is 67.3 cm³/mol. The summed E-state index contributed by atoms with van der Waals surface area (Å²) in [6.07, 6.45) is 0. The standard InChI is InChI=1S/C15H14O/c1-11(2)6-7-12-4-3-5-13-8-9-14(16)10-15(12)13/h3-5,8-11,16H,1-2H3. The minimum Gasteiger partial charge on any atom is -0.508 e. The van der Waals surface area contributed by atoms with Gasteiger partial charge in [0.15, 0.2) is 0 Å². The van der Waals surface area contributed by atoms with Crippen molar-refractivity contribution < 1.29 is 5.11 Å². The van der Waals surface area contributed by atoms with E-state index >= 15 is 0 Å². The summed E-state index contributed by atoms with van der Waals surface area (Å²) in [5, 5.41) is 11.6. The average Bonchev–Trinajstić information content (AvgIpc) is 2.26. The van der Waals surface area contributed by atoms with Crippen molar-refractivity contribution in [2.24, 2.45) is 5.92 Å². The molecule has 16 heavy (non-hydrogen) atoms. The van der Waals surface area contributed by atoms with Gasteiger partial charge in [0.05, 0.1) is 0 Å². The Kier molecular flexibility index (Phi) is 2.83. The molecule has 0 aliphatic carbocycles. The highest BCUT2D eigenvalue weighted by atomic mass is 16.3. The molecule has 0 aromatic heterocycles. The van der Waals surface area contributed by atoms with Crippen LogP contribution in [0.15, 0.2) is 36.4 Å². The van der Waals surface area contributed by atoms with Gasteiger partial charge in [-0.2, -0.15) is 0 Å². The van der Waals surface area contributed by atoms with E-state index in [1.807, 2.05) is 24.3 Å². The molecule has 0 heterocycles. The third-order valence-corrected chi connectivity index (χ3v) is 2.36. The first-order valence-corrected chi connectivity index (χ1v) is 5.40. The number of phenolic OH excluding ortho intramolecular Hbond substituents is 1. The van der Waals surface area contributed by atoms with Crippen molar-refractivity contribution in [1.29, 1.82) is 0 Å². The molecule has 0 atom stereocenters. The minimum absolute atomic E-state index is 0.284. The fourth-order valence-corrected chi connectivity index (χ4v) is 1.59. The van der Waals surface area contributed by atoms with Crippen LogP contribution in [0.3, 0.4) is 0 Å². The van der Waals surface area contributed by atoms with Crippen molar-refractivity contribution in [3.63, 3.8) is 0 Å². The van der Waals surface area contributed by atoms with Gasteiger partial charge in [0.25, 0.3) is 0 Å². The summed E-state index contributed by atoms with van der Waals surface area (Å²) in [6, 6.07) is 11.4. The van der Waals surface area contributed by atoms with E-state index in [4.69, 9.17) is 0 Å². The van der Waals surface area contributed by atoms with Crippen LogP contribution < -0.4 is 0 Å². The maximum absolute atomic E-state index is 9.48. The number of phenols is 1. The molecule has 0 unspecified atom stereocenters. The summed E-state index contributed by atoms with van der Waals surface area (Å²) in [5.41, 5.74) is 0.974. The Hall–Kier alpha value is -1.94. The highest BCUT2D eigenvalue weighted by Gasteiger charge is 1.99. The van der Waals surface area contributed by atoms with Gasteiger partial charge in [0, 0.05) is 16.9 Å². The Bertz CT molecular complexity index is 571. The summed E-state index contributed by atoms with van der Waals surface area (Å²) < 4.78 is 0. The van der Waals surface area contributed by atoms with Crippen molar-refractivity contribution in [3.05, 3.63) is 42.0 Å². The van der Waals surface area contributed by atoms with Gasteiger partial charge in [-0.05, 0) is 23.6 Å². The van der Waals surface area contributed by atoms with E-state index in [2.05, 4.69) is 25.7 Å². The zero-order valence-electron chi connectivity index (χ0n) is 9.49. The molecule has 80 valence electrons. The van der Waals surface area contributed by atoms with Gasteiger partial charge in [-0.25, -0.2) is 0 Å². The number of aromatic hydroxyl groups is 1. The van der Waals surface area contributed by atoms with Gasteiger partial charge in [-0.15, -0.1) is 0 Å². The van der Waals surface area contributed by atoms with E-state index in [0.29, 0.717) is 5.92 Å². The smallest absolute Gasteiger partial charge is 0.116 e. The first kappa shape index (κ1) is 10.6. The lowest BCUT2D eigenvalue weighted by molar-refractivity contribution is 0.476. The van der Waals surface area contributed by atoms with Gasteiger partial charge in [0.1, 0.15) is 5.75 Å². The SMILES string of the molecule is CC(C)C#Cc1cccc2ccc(O)cc12. The maximum atomic E-state index is 9.48. The van der Waals surface area contributed by atoms with Crippen LogP contribution >= 0.6 is 0 Å². The lowest BCUT2D eigenvalue weighted by atomic mass is 10.0. The van der Waals surface area contributed by atoms with E-state index in [0.717, 1.165) is 16.3 Å². The fraction of sp³-hybridized carbons (Fsp3) is 0.200. The second-order valence-corrected chi connectivity index (χ2v) is 4.14. The van der Waals surface area contributed by atoms with E-state index < -0.39 is 0 Å². The third-order valence-electron chi connectivity index (χ3n) is 2.36. The number of rotatable bonds is 0. The first-order valence-electron chi connectivity index (χ1n) is 5.40. The molecule has 1 N–H and O–H groups in total. The van der Waals surface area contributed by atoms with Gasteiger partial charge in [-0.1, -0.05) is 43.9 Å². The molecule has 0 aliphatic rings. The Morgan fingerprint density at radius 3 is 2.69 bits per heavy atom. The monoisotopic (exact) mass is 210 g/mol. The van der Waals surface area contributed by atoms with Crippen LogP contribution in [0.25, 0.3) is 10.8 Å². The summed E-state index contributed by atoms with van der Waals surface area (Å²) in [7, 11) is 0. The van der Waals surface area contributed by atoms with Crippen molar-refractivity contribution in [2.75, 3.05) is 0 Å². The third kappa shape index (κ3) is 2.17. The predicted octanol–water partition coefficient (Wildman–Crippen LogP) is 3.55. The number of hydrogen-bond donors (Lipinski definition) is 1. The molecular formula is C15H14O. The Morgan fingerprint density at radius 2 is 1.94 bits per heavy atom. The molecule has 0 spiro atoms. The summed E-state index contributed by atoms with van der Waals surface area (Å²) in [4.78, 5) is 0. The van der Waals surface area contributed by atoms with Crippen LogP contribution in [0.5, 0.6) is 5.75 Å². The molecule has 0 fully saturated rings. The molecule has 0 aliphatic heterocycles. The summed E-state index contributed by atoms with van der Waals surface area (Å²) >= 11 is 0. The number of hydrogen-bond acceptors (Lipinski definition) is 1. The molecule has 0 amide bonds. The summed E-state index contributed by atoms with van der Waals surface area (Å²) in [5.74, 6) is 6.93. The zero-order chi connectivity index (χ0) is 11.5. The van der Waals surface area contributed by atoms with Crippen LogP contribution in [0, 0.1) is 17.8 Å². The van der Waals surface area contributed by atoms with Crippen LogP contribution in [-0.2, 0) is 0 Å². The van der Waals surface area contributed by atoms with Crippen LogP contribution in [0.4, 0.5) is 0 Å². The average molecular weight is 210 g/mol. The molecule has 2 aromatic carbocycles. The van der Waals surface area contributed by atoms with Gasteiger partial charge >= 0.3 is 0 Å². The molecule has 1 nitrogen and oxygen atoms in total. The Labute approximate surface area is 95.7 Å². The van der Waals surface area contributed by atoms with E-state index in [9.17, 15) is 5.11 Å². The largest absolute Gasteiger partial charge is 0.508 e. The van der Waals surface area contributed by atoms with Crippen LogP contribution in [-0.4, -0.2) is 5.11 Å². The number of benzene rings is 2. The molecule has 2 aromatic rings. The maximum Gasteiger partial charge on any atom is 0.116 e. The van der Waals surface area contributed by atoms with Crippen molar-refractivity contribution in [1.82, 2.24) is 0 Å². The fourth-order valence-electron chi connectivity index (χ4n) is 1.59. The molecule has 0 bridgehead atoms. The zero-order valence-corrected chi connectivity index (χ0v) is 9.49. The normalized spacial score (nSPS) is 10.2. The lowest BCUT2D eigenvalue weighted by Crippen LogP contribution is -1.82. The molecular weight excluding hydrogens is 196 g/mol. The van der Waals surface area contributed by atoms with E-state index in [1.54, 1.807) is 12.1 Å². The molecule has 0 saturated heterocycles. The second-order valence-electron chi connectivity index (χ2n) is 4.14. The minimum atomic E-state index is 0.284. The Morgan fingerprint density at radius 1 is 1.12 bits per heavy atom. The first-order chi connectivity index (χ1) is 7.66. The van der Waals surface area contributed by atoms with Crippen molar-refractivity contribution in [3.8, 4) is 17.6 Å². The van der Waals surface area contributed by atoms with Gasteiger partial charge in [-0.3, -0.25) is 0 Å². The molecule has 0 radical (unpaired) electrons. The highest BCUT2D eigenvalue weighted by molar-refractivity contribution is 5.89. The molecule has 1 heteroatoms. The number of fused-ring (bicyclic) bond motifs is 1. The van der Waals surface area contributed by atoms with Crippen LogP contribution in [0.2, 0.25) is 0 Å². The highest BCUT2D eigenvalue weighted by Crippen LogP contribution is 2.22. The molecule has 0 saturated carbocycles. The van der Waals surface area contributed by atoms with Crippen molar-refractivity contribution >= 4 is 10.8 Å². The second kappa shape index (κ2) is 4.28. The Balaban J connectivity index is 2.62. The van der Waals surface area contributed by atoms with Gasteiger partial charge in [0.2, 0.25) is 0 Å². The van der Waals surface area contributed by atoms with E-state index in [1.165, 1.54) is 0 Å².